The fraction of sp³-hybridized carbons (Fsp3) is 0.824. The molecule has 0 saturated heterocycles. The fourth-order valence-electron chi connectivity index (χ4n) is 21.0. The predicted molar refractivity (Wildman–Crippen MR) is 309 cm³/mol. The summed E-state index contributed by atoms with van der Waals surface area (Å²) in [6, 6.07) is 11.7. The highest BCUT2D eigenvalue weighted by molar-refractivity contribution is 7.86. The molecule has 11 atom stereocenters. The maximum atomic E-state index is 14.4. The molecule has 0 aliphatic heterocycles. The molecule has 2 aromatic carbocycles. The van der Waals surface area contributed by atoms with Gasteiger partial charge in [-0.25, -0.2) is 0 Å². The Morgan fingerprint density at radius 3 is 1.17 bits per heavy atom. The van der Waals surface area contributed by atoms with Gasteiger partial charge in [-0.15, -0.1) is 0 Å². The minimum absolute atomic E-state index is 0.0118. The monoisotopic (exact) mass is 1210 g/mol. The molecule has 10 rings (SSSR count). The van der Waals surface area contributed by atoms with E-state index in [1.54, 1.807) is 12.1 Å². The van der Waals surface area contributed by atoms with Gasteiger partial charge in [0.15, 0.2) is 0 Å². The van der Waals surface area contributed by atoms with Crippen molar-refractivity contribution in [1.82, 2.24) is 0 Å². The first-order valence-electron chi connectivity index (χ1n) is 32.9. The predicted octanol–water partition coefficient (Wildman–Crippen LogP) is 19.2. The summed E-state index contributed by atoms with van der Waals surface area (Å²) in [4.78, 5) is 0. The van der Waals surface area contributed by atoms with Gasteiger partial charge in [0.1, 0.15) is 11.5 Å². The Bertz CT molecular complexity index is 2430. The number of phenolic OH excluding ortho intramolecular Hbond substituents is 2. The van der Waals surface area contributed by atoms with Crippen molar-refractivity contribution < 1.29 is 68.5 Å². The minimum atomic E-state index is -5.86. The third-order valence-electron chi connectivity index (χ3n) is 25.5. The lowest BCUT2D eigenvalue weighted by atomic mass is 9.45. The molecule has 2 aromatic rings. The van der Waals surface area contributed by atoms with E-state index >= 15 is 0 Å². The highest BCUT2D eigenvalue weighted by Gasteiger charge is 2.76. The molecule has 16 heteroatoms. The Hall–Kier alpha value is -2.59. The minimum Gasteiger partial charge on any atom is -0.508 e. The topological polar surface area (TPSA) is 98.0 Å². The van der Waals surface area contributed by atoms with Gasteiger partial charge in [-0.2, -0.15) is 43.9 Å². The van der Waals surface area contributed by atoms with Crippen LogP contribution in [-0.4, -0.2) is 70.5 Å². The van der Waals surface area contributed by atoms with Crippen LogP contribution >= 0.6 is 0 Å². The summed E-state index contributed by atoms with van der Waals surface area (Å²) in [7, 11) is -2.26. The standard InChI is InChI=1S/C68H96F10O5S/c1-59-43-47(57-53-25-23-49(79)41-45(53)21-27-55(57)61(59)33-37-63(59,81)38-34-61)17-13-9-5-3-7-11-15-19-51(29-31-65(69,70)67(73,74)75)84(83)52(30-32-66(71,72)68(76,77)78)20-16-12-8-4-6-10-14-18-48-44-60(2)62(35-39-64(60,82)40-36-62)56-28-22-46-42-50(80)24-26-54(46)58(48)56/h23-26,41-42,47-48,51-52,55-58,79-82H,3-22,27-40,43-44H2,1-2H3/t47-,48+,51?,52?,55?,56?,57?,58?,59-,60-,61?,62?,63?,64?,84?/m0/s1. The molecule has 5 nitrogen and oxygen atoms in total. The van der Waals surface area contributed by atoms with E-state index in [1.807, 2.05) is 12.1 Å². The van der Waals surface area contributed by atoms with Gasteiger partial charge in [-0.1, -0.05) is 116 Å². The van der Waals surface area contributed by atoms with Gasteiger partial charge in [0.05, 0.1) is 11.2 Å². The lowest BCUT2D eigenvalue weighted by Gasteiger charge is -2.59. The molecule has 0 spiro atoms. The summed E-state index contributed by atoms with van der Waals surface area (Å²) in [5, 5.41) is 42.2. The van der Waals surface area contributed by atoms with Crippen molar-refractivity contribution in [1.29, 1.82) is 0 Å². The molecule has 4 N–H and O–H groups in total. The Morgan fingerprint density at radius 2 is 0.821 bits per heavy atom. The molecule has 474 valence electrons. The maximum Gasteiger partial charge on any atom is 0.453 e. The van der Waals surface area contributed by atoms with Crippen molar-refractivity contribution in [2.24, 2.45) is 45.3 Å². The summed E-state index contributed by atoms with van der Waals surface area (Å²) < 4.78 is 153. The number of aliphatic hydroxyl groups is 2. The van der Waals surface area contributed by atoms with E-state index in [0.29, 0.717) is 61.2 Å². The number of aromatic hydroxyl groups is 2. The van der Waals surface area contributed by atoms with Crippen LogP contribution in [0, 0.1) is 45.3 Å². The van der Waals surface area contributed by atoms with Crippen molar-refractivity contribution in [2.45, 2.75) is 303 Å². The summed E-state index contributed by atoms with van der Waals surface area (Å²) >= 11 is 0. The van der Waals surface area contributed by atoms with E-state index in [0.717, 1.165) is 167 Å². The molecule has 0 amide bonds. The molecule has 0 aromatic heterocycles. The van der Waals surface area contributed by atoms with Crippen LogP contribution in [0.1, 0.15) is 266 Å². The van der Waals surface area contributed by atoms with Crippen LogP contribution in [0.4, 0.5) is 43.9 Å². The van der Waals surface area contributed by atoms with Crippen molar-refractivity contribution in [2.75, 3.05) is 0 Å². The SMILES string of the molecule is C[C@]12C[C@@H](CCCCCCCCCC(CCC(F)(F)C(F)(F)F)S(=O)C(CCCCCCCCC[C@H]3C[C@]4(C)C5(O)CCC4(CC5)C4CCc5cc(O)ccc5C43)CCC(F)(F)C(F)(F)F)C3c4ccc(O)cc4CCC3C13CCC2(O)CC3. The van der Waals surface area contributed by atoms with Crippen LogP contribution in [0.25, 0.3) is 0 Å². The molecule has 0 radical (unpaired) electrons. The number of alkyl halides is 10. The summed E-state index contributed by atoms with van der Waals surface area (Å²) in [5.74, 6) is -7.14. The molecule has 7 unspecified atom stereocenters. The van der Waals surface area contributed by atoms with Gasteiger partial charge in [-0.3, -0.25) is 4.21 Å². The zero-order chi connectivity index (χ0) is 60.4. The molecule has 0 heterocycles. The van der Waals surface area contributed by atoms with Gasteiger partial charge < -0.3 is 20.4 Å². The van der Waals surface area contributed by atoms with Gasteiger partial charge in [-0.05, 0) is 221 Å². The second-order valence-corrected chi connectivity index (χ2v) is 31.2. The zero-order valence-corrected chi connectivity index (χ0v) is 50.7. The first-order chi connectivity index (χ1) is 39.6. The number of rotatable bonds is 28. The third kappa shape index (κ3) is 11.6. The third-order valence-corrected chi connectivity index (χ3v) is 27.8. The van der Waals surface area contributed by atoms with Crippen molar-refractivity contribution >= 4 is 10.8 Å². The fourth-order valence-corrected chi connectivity index (χ4v) is 23.0. The molecular formula is C68H96F10O5S. The van der Waals surface area contributed by atoms with Gasteiger partial charge in [0.2, 0.25) is 0 Å². The van der Waals surface area contributed by atoms with E-state index in [-0.39, 0.29) is 46.0 Å². The van der Waals surface area contributed by atoms with Crippen LogP contribution in [0.15, 0.2) is 36.4 Å². The number of phenols is 2. The van der Waals surface area contributed by atoms with Gasteiger partial charge in [0.25, 0.3) is 0 Å². The smallest absolute Gasteiger partial charge is 0.453 e. The van der Waals surface area contributed by atoms with E-state index in [4.69, 9.17) is 0 Å². The molecule has 8 aliphatic carbocycles. The van der Waals surface area contributed by atoms with Gasteiger partial charge in [0, 0.05) is 45.0 Å². The van der Waals surface area contributed by atoms with E-state index in [1.165, 1.54) is 22.3 Å². The molecule has 84 heavy (non-hydrogen) atoms. The zero-order valence-electron chi connectivity index (χ0n) is 49.9. The van der Waals surface area contributed by atoms with Crippen LogP contribution in [0.2, 0.25) is 0 Å². The lowest BCUT2D eigenvalue weighted by Crippen LogP contribution is -2.54. The number of fused-ring (bicyclic) bond motifs is 6. The Kier molecular flexibility index (Phi) is 18.6. The Morgan fingerprint density at radius 1 is 0.488 bits per heavy atom. The van der Waals surface area contributed by atoms with Gasteiger partial charge >= 0.3 is 24.2 Å². The molecule has 4 bridgehead atoms. The normalized spacial score (nSPS) is 35.2. The van der Waals surface area contributed by atoms with Crippen LogP contribution in [0.5, 0.6) is 11.5 Å². The van der Waals surface area contributed by atoms with Crippen LogP contribution in [-0.2, 0) is 23.6 Å². The average molecular weight is 1220 g/mol. The summed E-state index contributed by atoms with van der Waals surface area (Å²) in [6.45, 7) is 4.69. The van der Waals surface area contributed by atoms with Crippen molar-refractivity contribution in [3.05, 3.63) is 58.7 Å². The van der Waals surface area contributed by atoms with Crippen LogP contribution < -0.4 is 0 Å². The molecule has 6 saturated carbocycles. The van der Waals surface area contributed by atoms with Crippen molar-refractivity contribution in [3.8, 4) is 11.5 Å². The lowest BCUT2D eigenvalue weighted by molar-refractivity contribution is -0.284. The number of benzene rings is 2. The van der Waals surface area contributed by atoms with Crippen LogP contribution in [0.3, 0.4) is 0 Å². The average Bonchev–Trinajstić information content (AvgIpc) is 1.49. The highest BCUT2D eigenvalue weighted by Crippen LogP contribution is 2.80. The van der Waals surface area contributed by atoms with E-state index in [2.05, 4.69) is 26.0 Å². The van der Waals surface area contributed by atoms with E-state index < -0.39 is 82.4 Å². The van der Waals surface area contributed by atoms with Crippen molar-refractivity contribution in [3.63, 3.8) is 0 Å². The molecular weight excluding hydrogens is 1120 g/mol. The maximum absolute atomic E-state index is 14.4. The largest absolute Gasteiger partial charge is 0.508 e. The Balaban J connectivity index is 0.700. The summed E-state index contributed by atoms with van der Waals surface area (Å²) in [6.07, 6.45) is 9.55. The second-order valence-electron chi connectivity index (χ2n) is 29.2. The number of unbranched alkanes of at least 4 members (excludes halogenated alkanes) is 12. The van der Waals surface area contributed by atoms with E-state index in [9.17, 15) is 68.5 Å². The first-order valence-corrected chi connectivity index (χ1v) is 34.2. The number of hydrogen-bond donors (Lipinski definition) is 4. The first kappa shape index (κ1) is 64.4. The highest BCUT2D eigenvalue weighted by atomic mass is 32.2. The number of halogens is 10. The molecule has 6 fully saturated rings. The Labute approximate surface area is 495 Å². The second kappa shape index (κ2) is 24.3. The summed E-state index contributed by atoms with van der Waals surface area (Å²) in [5.41, 5.74) is 3.85. The quantitative estimate of drug-likeness (QED) is 0.0503. The number of hydrogen-bond acceptors (Lipinski definition) is 5. The number of aryl methyl sites for hydroxylation is 2. The molecule has 8 aliphatic rings.